The highest BCUT2D eigenvalue weighted by atomic mass is 16.3. The highest BCUT2D eigenvalue weighted by molar-refractivity contribution is 5.76. The Kier molecular flexibility index (Phi) is 5.05. The van der Waals surface area contributed by atoms with Gasteiger partial charge in [0.25, 0.3) is 0 Å². The van der Waals surface area contributed by atoms with E-state index in [0.717, 1.165) is 19.6 Å². The number of likely N-dealkylation sites (tertiary alicyclic amines) is 1. The van der Waals surface area contributed by atoms with E-state index in [1.54, 1.807) is 11.9 Å². The first-order chi connectivity index (χ1) is 7.15. The highest BCUT2D eigenvalue weighted by Crippen LogP contribution is 2.08. The standard InChI is InChI=1S/C11H22N2O2/c1-10(9-14)12(2)11(15)5-8-13-6-3-4-7-13/h10,14H,3-9H2,1-2H3. The predicted molar refractivity (Wildman–Crippen MR) is 59.6 cm³/mol. The Bertz CT molecular complexity index is 203. The maximum absolute atomic E-state index is 11.7. The minimum atomic E-state index is -0.0731. The van der Waals surface area contributed by atoms with Crippen molar-refractivity contribution < 1.29 is 9.90 Å². The van der Waals surface area contributed by atoms with Crippen LogP contribution in [0.15, 0.2) is 0 Å². The van der Waals surface area contributed by atoms with Gasteiger partial charge in [0.15, 0.2) is 0 Å². The minimum Gasteiger partial charge on any atom is -0.394 e. The fourth-order valence-electron chi connectivity index (χ4n) is 1.80. The van der Waals surface area contributed by atoms with E-state index < -0.39 is 0 Å². The topological polar surface area (TPSA) is 43.8 Å². The molecule has 0 radical (unpaired) electrons. The molecule has 0 aromatic heterocycles. The van der Waals surface area contributed by atoms with Gasteiger partial charge in [-0.25, -0.2) is 0 Å². The van der Waals surface area contributed by atoms with Crippen molar-refractivity contribution >= 4 is 5.91 Å². The summed E-state index contributed by atoms with van der Waals surface area (Å²) < 4.78 is 0. The Hall–Kier alpha value is -0.610. The lowest BCUT2D eigenvalue weighted by Crippen LogP contribution is -2.38. The predicted octanol–water partition coefficient (Wildman–Crippen LogP) is 0.311. The van der Waals surface area contributed by atoms with E-state index in [1.165, 1.54) is 12.8 Å². The number of rotatable bonds is 5. The average Bonchev–Trinajstić information content (AvgIpc) is 2.76. The Morgan fingerprint density at radius 1 is 1.47 bits per heavy atom. The van der Waals surface area contributed by atoms with Gasteiger partial charge in [0.1, 0.15) is 0 Å². The Morgan fingerprint density at radius 2 is 2.07 bits per heavy atom. The Balaban J connectivity index is 2.22. The van der Waals surface area contributed by atoms with Crippen molar-refractivity contribution in [1.82, 2.24) is 9.80 Å². The van der Waals surface area contributed by atoms with Crippen molar-refractivity contribution in [2.24, 2.45) is 0 Å². The van der Waals surface area contributed by atoms with Crippen molar-refractivity contribution in [3.05, 3.63) is 0 Å². The summed E-state index contributed by atoms with van der Waals surface area (Å²) in [6.07, 6.45) is 3.09. The zero-order chi connectivity index (χ0) is 11.3. The molecular formula is C11H22N2O2. The van der Waals surface area contributed by atoms with E-state index in [1.807, 2.05) is 6.92 Å². The van der Waals surface area contributed by atoms with E-state index in [-0.39, 0.29) is 18.6 Å². The normalized spacial score (nSPS) is 19.1. The zero-order valence-electron chi connectivity index (χ0n) is 9.78. The lowest BCUT2D eigenvalue weighted by molar-refractivity contribution is -0.132. The number of carbonyl (C=O) groups excluding carboxylic acids is 1. The van der Waals surface area contributed by atoms with Crippen LogP contribution in [0.1, 0.15) is 26.2 Å². The molecule has 1 aliphatic rings. The SMILES string of the molecule is CC(CO)N(C)C(=O)CCN1CCCC1. The molecule has 1 amide bonds. The molecule has 1 rings (SSSR count). The fraction of sp³-hybridized carbons (Fsp3) is 0.909. The lowest BCUT2D eigenvalue weighted by Gasteiger charge is -2.24. The maximum atomic E-state index is 11.7. The van der Waals surface area contributed by atoms with E-state index >= 15 is 0 Å². The second-order valence-electron chi connectivity index (χ2n) is 4.33. The molecule has 0 aliphatic carbocycles. The van der Waals surface area contributed by atoms with Gasteiger partial charge in [-0.1, -0.05) is 0 Å². The molecule has 1 heterocycles. The van der Waals surface area contributed by atoms with E-state index in [0.29, 0.717) is 6.42 Å². The number of nitrogens with zero attached hydrogens (tertiary/aromatic N) is 2. The van der Waals surface area contributed by atoms with Gasteiger partial charge in [-0.15, -0.1) is 0 Å². The number of aliphatic hydroxyl groups excluding tert-OH is 1. The molecule has 4 nitrogen and oxygen atoms in total. The maximum Gasteiger partial charge on any atom is 0.223 e. The van der Waals surface area contributed by atoms with E-state index in [9.17, 15) is 4.79 Å². The van der Waals surface area contributed by atoms with Gasteiger partial charge in [0, 0.05) is 20.0 Å². The number of hydrogen-bond donors (Lipinski definition) is 1. The number of likely N-dealkylation sites (N-methyl/N-ethyl adjacent to an activating group) is 1. The van der Waals surface area contributed by atoms with Crippen LogP contribution >= 0.6 is 0 Å². The van der Waals surface area contributed by atoms with Gasteiger partial charge in [-0.05, 0) is 32.9 Å². The summed E-state index contributed by atoms with van der Waals surface area (Å²) in [7, 11) is 1.76. The van der Waals surface area contributed by atoms with Crippen LogP contribution in [0.3, 0.4) is 0 Å². The highest BCUT2D eigenvalue weighted by Gasteiger charge is 2.17. The van der Waals surface area contributed by atoms with E-state index in [2.05, 4.69) is 4.90 Å². The average molecular weight is 214 g/mol. The van der Waals surface area contributed by atoms with E-state index in [4.69, 9.17) is 5.11 Å². The summed E-state index contributed by atoms with van der Waals surface area (Å²) in [4.78, 5) is 15.7. The molecule has 0 spiro atoms. The summed E-state index contributed by atoms with van der Waals surface area (Å²) in [5, 5.41) is 8.93. The number of aliphatic hydroxyl groups is 1. The van der Waals surface area contributed by atoms with Gasteiger partial charge < -0.3 is 14.9 Å². The number of carbonyl (C=O) groups is 1. The molecule has 0 saturated carbocycles. The first-order valence-corrected chi connectivity index (χ1v) is 5.74. The second-order valence-corrected chi connectivity index (χ2v) is 4.33. The van der Waals surface area contributed by atoms with Gasteiger partial charge >= 0.3 is 0 Å². The lowest BCUT2D eigenvalue weighted by atomic mass is 10.2. The quantitative estimate of drug-likeness (QED) is 0.716. The van der Waals surface area contributed by atoms with Crippen LogP contribution in [0.2, 0.25) is 0 Å². The minimum absolute atomic E-state index is 0.0337. The third kappa shape index (κ3) is 3.80. The van der Waals surface area contributed by atoms with Crippen LogP contribution in [0.4, 0.5) is 0 Å². The fourth-order valence-corrected chi connectivity index (χ4v) is 1.80. The third-order valence-electron chi connectivity index (χ3n) is 3.16. The van der Waals surface area contributed by atoms with Crippen molar-refractivity contribution in [2.45, 2.75) is 32.2 Å². The largest absolute Gasteiger partial charge is 0.394 e. The van der Waals surface area contributed by atoms with Gasteiger partial charge in [-0.2, -0.15) is 0 Å². The summed E-state index contributed by atoms with van der Waals surface area (Å²) in [6, 6.07) is -0.0731. The molecule has 1 N–H and O–H groups in total. The van der Waals surface area contributed by atoms with Crippen molar-refractivity contribution in [3.63, 3.8) is 0 Å². The molecule has 15 heavy (non-hydrogen) atoms. The molecule has 1 saturated heterocycles. The van der Waals surface area contributed by atoms with Crippen LogP contribution in [-0.2, 0) is 4.79 Å². The van der Waals surface area contributed by atoms with Crippen LogP contribution < -0.4 is 0 Å². The third-order valence-corrected chi connectivity index (χ3v) is 3.16. The molecule has 1 aliphatic heterocycles. The summed E-state index contributed by atoms with van der Waals surface area (Å²) >= 11 is 0. The van der Waals surface area contributed by atoms with Crippen molar-refractivity contribution in [1.29, 1.82) is 0 Å². The van der Waals surface area contributed by atoms with Gasteiger partial charge in [-0.3, -0.25) is 4.79 Å². The smallest absolute Gasteiger partial charge is 0.223 e. The molecule has 1 fully saturated rings. The van der Waals surface area contributed by atoms with Gasteiger partial charge in [0.2, 0.25) is 5.91 Å². The molecule has 0 bridgehead atoms. The summed E-state index contributed by atoms with van der Waals surface area (Å²) in [5.74, 6) is 0.128. The molecule has 88 valence electrons. The molecule has 0 aromatic rings. The van der Waals surface area contributed by atoms with Crippen LogP contribution in [0, 0.1) is 0 Å². The second kappa shape index (κ2) is 6.08. The Labute approximate surface area is 91.9 Å². The Morgan fingerprint density at radius 3 is 2.60 bits per heavy atom. The monoisotopic (exact) mass is 214 g/mol. The van der Waals surface area contributed by atoms with Crippen molar-refractivity contribution in [2.75, 3.05) is 33.3 Å². The number of amides is 1. The van der Waals surface area contributed by atoms with Crippen molar-refractivity contribution in [3.8, 4) is 0 Å². The first-order valence-electron chi connectivity index (χ1n) is 5.74. The molecule has 1 atom stereocenters. The summed E-state index contributed by atoms with van der Waals surface area (Å²) in [6.45, 7) is 5.01. The van der Waals surface area contributed by atoms with Gasteiger partial charge in [0.05, 0.1) is 12.6 Å². The zero-order valence-corrected chi connectivity index (χ0v) is 9.78. The van der Waals surface area contributed by atoms with Crippen LogP contribution in [0.25, 0.3) is 0 Å². The van der Waals surface area contributed by atoms with Crippen LogP contribution in [0.5, 0.6) is 0 Å². The molecular weight excluding hydrogens is 192 g/mol. The molecule has 0 aromatic carbocycles. The summed E-state index contributed by atoms with van der Waals surface area (Å²) in [5.41, 5.74) is 0. The molecule has 4 heteroatoms. The number of hydrogen-bond acceptors (Lipinski definition) is 3. The molecule has 1 unspecified atom stereocenters. The first kappa shape index (κ1) is 12.5. The van der Waals surface area contributed by atoms with Crippen LogP contribution in [-0.4, -0.2) is 60.1 Å².